The monoisotopic (exact) mass is 374 g/mol. The predicted molar refractivity (Wildman–Crippen MR) is 98.0 cm³/mol. The average Bonchev–Trinajstić information content (AvgIpc) is 3.27. The van der Waals surface area contributed by atoms with Gasteiger partial charge in [0.1, 0.15) is 0 Å². The van der Waals surface area contributed by atoms with E-state index in [9.17, 15) is 13.6 Å². The number of fused-ring (bicyclic) bond motifs is 1. The van der Waals surface area contributed by atoms with E-state index in [2.05, 4.69) is 15.7 Å². The number of nitrogens with zero attached hydrogens (tertiary/aromatic N) is 2. The molecule has 1 aromatic carbocycles. The van der Waals surface area contributed by atoms with Crippen molar-refractivity contribution < 1.29 is 13.6 Å². The van der Waals surface area contributed by atoms with Crippen LogP contribution in [0.1, 0.15) is 47.4 Å². The van der Waals surface area contributed by atoms with E-state index < -0.39 is 11.6 Å². The summed E-state index contributed by atoms with van der Waals surface area (Å²) in [5, 5.41) is 10.8. The Labute approximate surface area is 157 Å². The van der Waals surface area contributed by atoms with Gasteiger partial charge in [-0.2, -0.15) is 5.10 Å². The van der Waals surface area contributed by atoms with Crippen molar-refractivity contribution in [2.75, 3.05) is 19.6 Å². The molecule has 0 bridgehead atoms. The number of rotatable bonds is 5. The summed E-state index contributed by atoms with van der Waals surface area (Å²) in [6, 6.07) is 3.70. The van der Waals surface area contributed by atoms with Crippen molar-refractivity contribution in [3.63, 3.8) is 0 Å². The number of carbonyl (C=O) groups excluding carboxylic acids is 1. The number of piperidine rings is 1. The first-order valence-electron chi connectivity index (χ1n) is 9.68. The second kappa shape index (κ2) is 7.76. The fraction of sp³-hybridized carbons (Fsp3) is 0.500. The number of amides is 1. The minimum atomic E-state index is -0.915. The van der Waals surface area contributed by atoms with Gasteiger partial charge in [-0.1, -0.05) is 0 Å². The summed E-state index contributed by atoms with van der Waals surface area (Å²) in [7, 11) is 0. The normalized spacial score (nSPS) is 19.1. The fourth-order valence-corrected chi connectivity index (χ4v) is 4.09. The van der Waals surface area contributed by atoms with Crippen LogP contribution in [0, 0.1) is 17.6 Å². The first-order chi connectivity index (χ1) is 13.1. The van der Waals surface area contributed by atoms with Gasteiger partial charge in [0, 0.05) is 23.9 Å². The summed E-state index contributed by atoms with van der Waals surface area (Å²) in [5.41, 5.74) is 2.70. The molecule has 1 unspecified atom stereocenters. The maximum absolute atomic E-state index is 13.6. The van der Waals surface area contributed by atoms with Crippen molar-refractivity contribution in [2.45, 2.75) is 38.5 Å². The molecule has 4 rings (SSSR count). The first-order valence-corrected chi connectivity index (χ1v) is 9.68. The second-order valence-corrected chi connectivity index (χ2v) is 7.39. The maximum atomic E-state index is 13.6. The molecule has 2 aromatic rings. The average molecular weight is 374 g/mol. The van der Waals surface area contributed by atoms with Crippen molar-refractivity contribution in [3.8, 4) is 5.69 Å². The largest absolute Gasteiger partial charge is 0.351 e. The zero-order valence-electron chi connectivity index (χ0n) is 15.2. The lowest BCUT2D eigenvalue weighted by Gasteiger charge is -2.22. The molecule has 0 spiro atoms. The van der Waals surface area contributed by atoms with E-state index in [1.54, 1.807) is 4.68 Å². The quantitative estimate of drug-likeness (QED) is 0.846. The van der Waals surface area contributed by atoms with Crippen LogP contribution in [0.5, 0.6) is 0 Å². The van der Waals surface area contributed by atoms with Crippen LogP contribution in [-0.2, 0) is 12.8 Å². The summed E-state index contributed by atoms with van der Waals surface area (Å²) in [4.78, 5) is 12.7. The van der Waals surface area contributed by atoms with Crippen LogP contribution in [0.3, 0.4) is 0 Å². The number of aromatic nitrogens is 2. The molecule has 2 aliphatic rings. The smallest absolute Gasteiger partial charge is 0.272 e. The summed E-state index contributed by atoms with van der Waals surface area (Å²) in [5.74, 6) is -1.39. The minimum absolute atomic E-state index is 0.182. The Balaban J connectivity index is 1.49. The van der Waals surface area contributed by atoms with Gasteiger partial charge in [0.25, 0.3) is 5.91 Å². The topological polar surface area (TPSA) is 59.0 Å². The number of hydrogen-bond acceptors (Lipinski definition) is 3. The van der Waals surface area contributed by atoms with Gasteiger partial charge in [-0.3, -0.25) is 4.79 Å². The molecule has 1 aliphatic heterocycles. The van der Waals surface area contributed by atoms with Gasteiger partial charge < -0.3 is 10.6 Å². The molecule has 2 heterocycles. The van der Waals surface area contributed by atoms with Crippen LogP contribution >= 0.6 is 0 Å². The molecule has 0 saturated carbocycles. The highest BCUT2D eigenvalue weighted by atomic mass is 19.2. The summed E-state index contributed by atoms with van der Waals surface area (Å²) < 4.78 is 28.5. The van der Waals surface area contributed by atoms with Gasteiger partial charge in [0.15, 0.2) is 17.3 Å². The zero-order valence-corrected chi connectivity index (χ0v) is 15.2. The Morgan fingerprint density at radius 3 is 2.93 bits per heavy atom. The molecule has 7 heteroatoms. The lowest BCUT2D eigenvalue weighted by molar-refractivity contribution is 0.0944. The molecule has 1 aliphatic carbocycles. The number of nitrogens with one attached hydrogen (secondary N) is 2. The minimum Gasteiger partial charge on any atom is -0.351 e. The van der Waals surface area contributed by atoms with Crippen LogP contribution in [0.15, 0.2) is 18.2 Å². The number of hydrogen-bond donors (Lipinski definition) is 2. The second-order valence-electron chi connectivity index (χ2n) is 7.39. The molecule has 1 fully saturated rings. The Morgan fingerprint density at radius 1 is 1.26 bits per heavy atom. The maximum Gasteiger partial charge on any atom is 0.272 e. The standard InChI is InChI=1S/C20H24F2N4O/c21-16-7-6-14(11-17(16)22)26-18-5-1-4-15(18)19(25-26)20(27)24-10-8-13-3-2-9-23-12-13/h6-7,11,13,23H,1-5,8-10,12H2,(H,24,27). The summed E-state index contributed by atoms with van der Waals surface area (Å²) in [6.45, 7) is 2.71. The van der Waals surface area contributed by atoms with E-state index in [1.807, 2.05) is 0 Å². The van der Waals surface area contributed by atoms with E-state index >= 15 is 0 Å². The predicted octanol–water partition coefficient (Wildman–Crippen LogP) is 2.76. The number of carbonyl (C=O) groups is 1. The van der Waals surface area contributed by atoms with Crippen molar-refractivity contribution in [1.29, 1.82) is 0 Å². The summed E-state index contributed by atoms with van der Waals surface area (Å²) in [6.07, 6.45) is 5.83. The molecular formula is C20H24F2N4O. The van der Waals surface area contributed by atoms with Crippen LogP contribution in [0.4, 0.5) is 8.78 Å². The number of halogens is 2. The zero-order chi connectivity index (χ0) is 18.8. The Bertz CT molecular complexity index is 843. The highest BCUT2D eigenvalue weighted by Crippen LogP contribution is 2.28. The molecule has 5 nitrogen and oxygen atoms in total. The van der Waals surface area contributed by atoms with Crippen LogP contribution in [0.25, 0.3) is 5.69 Å². The highest BCUT2D eigenvalue weighted by molar-refractivity contribution is 5.94. The Hall–Kier alpha value is -2.28. The third kappa shape index (κ3) is 3.74. The van der Waals surface area contributed by atoms with E-state index in [-0.39, 0.29) is 5.91 Å². The van der Waals surface area contributed by atoms with Crippen molar-refractivity contribution in [2.24, 2.45) is 5.92 Å². The van der Waals surface area contributed by atoms with Gasteiger partial charge in [0.05, 0.1) is 5.69 Å². The van der Waals surface area contributed by atoms with E-state index in [4.69, 9.17) is 0 Å². The Morgan fingerprint density at radius 2 is 2.15 bits per heavy atom. The van der Waals surface area contributed by atoms with E-state index in [1.165, 1.54) is 18.9 Å². The number of benzene rings is 1. The molecule has 1 amide bonds. The third-order valence-corrected chi connectivity index (χ3v) is 5.53. The molecule has 1 saturated heterocycles. The SMILES string of the molecule is O=C(NCCC1CCCNC1)c1nn(-c2ccc(F)c(F)c2)c2c1CCC2. The van der Waals surface area contributed by atoms with Crippen molar-refractivity contribution in [3.05, 3.63) is 46.8 Å². The van der Waals surface area contributed by atoms with Crippen LogP contribution in [-0.4, -0.2) is 35.3 Å². The van der Waals surface area contributed by atoms with E-state index in [0.717, 1.165) is 62.2 Å². The van der Waals surface area contributed by atoms with Crippen LogP contribution < -0.4 is 10.6 Å². The molecule has 27 heavy (non-hydrogen) atoms. The lowest BCUT2D eigenvalue weighted by Crippen LogP contribution is -2.33. The fourth-order valence-electron chi connectivity index (χ4n) is 4.09. The molecular weight excluding hydrogens is 350 g/mol. The van der Waals surface area contributed by atoms with Gasteiger partial charge in [0.2, 0.25) is 0 Å². The third-order valence-electron chi connectivity index (χ3n) is 5.53. The van der Waals surface area contributed by atoms with Gasteiger partial charge >= 0.3 is 0 Å². The van der Waals surface area contributed by atoms with Gasteiger partial charge in [-0.05, 0) is 69.7 Å². The molecule has 1 aromatic heterocycles. The van der Waals surface area contributed by atoms with E-state index in [0.29, 0.717) is 23.8 Å². The van der Waals surface area contributed by atoms with Gasteiger partial charge in [-0.15, -0.1) is 0 Å². The summed E-state index contributed by atoms with van der Waals surface area (Å²) >= 11 is 0. The Kier molecular flexibility index (Phi) is 5.20. The van der Waals surface area contributed by atoms with Crippen molar-refractivity contribution >= 4 is 5.91 Å². The van der Waals surface area contributed by atoms with Gasteiger partial charge in [-0.25, -0.2) is 13.5 Å². The highest BCUT2D eigenvalue weighted by Gasteiger charge is 2.27. The van der Waals surface area contributed by atoms with Crippen LogP contribution in [0.2, 0.25) is 0 Å². The molecule has 1 atom stereocenters. The molecule has 2 N–H and O–H groups in total. The first kappa shape index (κ1) is 18.1. The molecule has 0 radical (unpaired) electrons. The molecule has 144 valence electrons. The lowest BCUT2D eigenvalue weighted by atomic mass is 9.96. The van der Waals surface area contributed by atoms with Crippen molar-refractivity contribution in [1.82, 2.24) is 20.4 Å².